The van der Waals surface area contributed by atoms with E-state index in [2.05, 4.69) is 4.74 Å². The maximum absolute atomic E-state index is 12.9. The monoisotopic (exact) mass is 329 g/mol. The van der Waals surface area contributed by atoms with E-state index in [4.69, 9.17) is 5.73 Å². The lowest BCUT2D eigenvalue weighted by Crippen LogP contribution is -2.22. The van der Waals surface area contributed by atoms with Crippen LogP contribution in [0.3, 0.4) is 0 Å². The number of alkyl halides is 6. The number of esters is 1. The summed E-state index contributed by atoms with van der Waals surface area (Å²) in [5.74, 6) is -0.888. The van der Waals surface area contributed by atoms with Crippen LogP contribution in [0.2, 0.25) is 0 Å². The Bertz CT molecular complexity index is 538. The van der Waals surface area contributed by atoms with Gasteiger partial charge in [0.1, 0.15) is 0 Å². The largest absolute Gasteiger partial charge is 0.466 e. The molecular formula is C13H13F6NO2. The van der Waals surface area contributed by atoms with Crippen molar-refractivity contribution in [1.29, 1.82) is 0 Å². The number of benzene rings is 1. The molecule has 1 aromatic carbocycles. The quantitative estimate of drug-likeness (QED) is 0.677. The number of nitrogens with two attached hydrogens (primary N) is 1. The van der Waals surface area contributed by atoms with Crippen LogP contribution in [0.1, 0.15) is 36.1 Å². The fourth-order valence-corrected chi connectivity index (χ4v) is 1.81. The molecule has 0 aromatic heterocycles. The van der Waals surface area contributed by atoms with Crippen molar-refractivity contribution >= 4 is 5.97 Å². The van der Waals surface area contributed by atoms with Crippen LogP contribution in [0.5, 0.6) is 0 Å². The van der Waals surface area contributed by atoms with Crippen molar-refractivity contribution in [1.82, 2.24) is 0 Å². The first kappa shape index (κ1) is 18.3. The van der Waals surface area contributed by atoms with Crippen molar-refractivity contribution in [2.45, 2.75) is 31.7 Å². The van der Waals surface area contributed by atoms with Gasteiger partial charge < -0.3 is 10.5 Å². The zero-order chi connectivity index (χ0) is 17.1. The van der Waals surface area contributed by atoms with Crippen LogP contribution in [0.15, 0.2) is 18.2 Å². The van der Waals surface area contributed by atoms with Crippen molar-refractivity contribution in [3.05, 3.63) is 34.9 Å². The standard InChI is InChI=1S/C13H13F6NO2/c1-2-22-11(21)6-10(20)8-5-7(12(14,15)16)3-4-9(8)13(17,18)19/h3-5,10H,2,6,20H2,1H3/t10-/m0/s1. The van der Waals surface area contributed by atoms with Crippen molar-refractivity contribution < 1.29 is 35.9 Å². The van der Waals surface area contributed by atoms with E-state index in [-0.39, 0.29) is 6.61 Å². The summed E-state index contributed by atoms with van der Waals surface area (Å²) in [6, 6.07) is -0.614. The van der Waals surface area contributed by atoms with Gasteiger partial charge in [-0.15, -0.1) is 0 Å². The Labute approximate surface area is 122 Å². The number of carbonyl (C=O) groups is 1. The second-order valence-electron chi connectivity index (χ2n) is 4.41. The normalized spacial score (nSPS) is 13.8. The van der Waals surface area contributed by atoms with E-state index in [1.807, 2.05) is 0 Å². The van der Waals surface area contributed by atoms with Crippen LogP contribution in [0.4, 0.5) is 26.3 Å². The number of hydrogen-bond acceptors (Lipinski definition) is 3. The van der Waals surface area contributed by atoms with Gasteiger partial charge in [-0.25, -0.2) is 0 Å². The minimum Gasteiger partial charge on any atom is -0.466 e. The summed E-state index contributed by atoms with van der Waals surface area (Å²) in [5, 5.41) is 0. The first-order valence-corrected chi connectivity index (χ1v) is 6.16. The van der Waals surface area contributed by atoms with E-state index >= 15 is 0 Å². The molecule has 0 radical (unpaired) electrons. The molecule has 1 atom stereocenters. The minimum atomic E-state index is -4.88. The first-order valence-electron chi connectivity index (χ1n) is 6.16. The zero-order valence-electron chi connectivity index (χ0n) is 11.4. The second-order valence-corrected chi connectivity index (χ2v) is 4.41. The molecule has 0 aliphatic carbocycles. The number of rotatable bonds is 4. The molecule has 9 heteroatoms. The van der Waals surface area contributed by atoms with Gasteiger partial charge in [0.05, 0.1) is 24.2 Å². The molecule has 0 aliphatic heterocycles. The number of halogens is 6. The number of hydrogen-bond donors (Lipinski definition) is 1. The Hall–Kier alpha value is -1.77. The van der Waals surface area contributed by atoms with Crippen LogP contribution in [0.25, 0.3) is 0 Å². The third kappa shape index (κ3) is 4.62. The predicted octanol–water partition coefficient (Wildman–Crippen LogP) is 3.68. The smallest absolute Gasteiger partial charge is 0.416 e. The molecule has 124 valence electrons. The van der Waals surface area contributed by atoms with Crippen molar-refractivity contribution in [2.75, 3.05) is 6.61 Å². The van der Waals surface area contributed by atoms with Crippen LogP contribution in [-0.2, 0) is 21.9 Å². The number of ether oxygens (including phenoxy) is 1. The summed E-state index contributed by atoms with van der Waals surface area (Å²) < 4.78 is 81.0. The van der Waals surface area contributed by atoms with E-state index in [0.29, 0.717) is 18.2 Å². The first-order chi connectivity index (χ1) is 9.96. The summed E-state index contributed by atoms with van der Waals surface area (Å²) in [4.78, 5) is 11.3. The van der Waals surface area contributed by atoms with Gasteiger partial charge in [0, 0.05) is 6.04 Å². The van der Waals surface area contributed by atoms with E-state index in [0.717, 1.165) is 0 Å². The van der Waals surface area contributed by atoms with Gasteiger partial charge in [0.25, 0.3) is 0 Å². The Morgan fingerprint density at radius 2 is 1.77 bits per heavy atom. The van der Waals surface area contributed by atoms with Crippen molar-refractivity contribution in [3.63, 3.8) is 0 Å². The van der Waals surface area contributed by atoms with E-state index in [1.165, 1.54) is 6.92 Å². The van der Waals surface area contributed by atoms with Gasteiger partial charge in [0.2, 0.25) is 0 Å². The molecule has 0 amide bonds. The summed E-state index contributed by atoms with van der Waals surface area (Å²) in [6.45, 7) is 1.47. The lowest BCUT2D eigenvalue weighted by molar-refractivity contribution is -0.145. The van der Waals surface area contributed by atoms with Gasteiger partial charge >= 0.3 is 18.3 Å². The molecule has 3 nitrogen and oxygen atoms in total. The average molecular weight is 329 g/mol. The van der Waals surface area contributed by atoms with Crippen LogP contribution in [-0.4, -0.2) is 12.6 Å². The average Bonchev–Trinajstić information content (AvgIpc) is 2.36. The van der Waals surface area contributed by atoms with E-state index in [9.17, 15) is 31.1 Å². The minimum absolute atomic E-state index is 0.0136. The maximum atomic E-state index is 12.9. The van der Waals surface area contributed by atoms with Crippen LogP contribution < -0.4 is 5.73 Å². The highest BCUT2D eigenvalue weighted by molar-refractivity contribution is 5.70. The Morgan fingerprint density at radius 3 is 2.23 bits per heavy atom. The molecule has 0 saturated heterocycles. The molecule has 0 bridgehead atoms. The van der Waals surface area contributed by atoms with Gasteiger partial charge in [-0.3, -0.25) is 4.79 Å². The van der Waals surface area contributed by atoms with Crippen molar-refractivity contribution in [3.8, 4) is 0 Å². The Kier molecular flexibility index (Phi) is 5.44. The fraction of sp³-hybridized carbons (Fsp3) is 0.462. The second kappa shape index (κ2) is 6.55. The summed E-state index contributed by atoms with van der Waals surface area (Å²) in [5.41, 5.74) is 2.09. The topological polar surface area (TPSA) is 52.3 Å². The molecule has 22 heavy (non-hydrogen) atoms. The molecule has 0 unspecified atom stereocenters. The molecule has 0 spiro atoms. The summed E-state index contributed by atoms with van der Waals surface area (Å²) in [7, 11) is 0. The Morgan fingerprint density at radius 1 is 1.18 bits per heavy atom. The van der Waals surface area contributed by atoms with Gasteiger partial charge in [0.15, 0.2) is 0 Å². The van der Waals surface area contributed by atoms with Gasteiger partial charge in [-0.2, -0.15) is 26.3 Å². The van der Waals surface area contributed by atoms with Crippen molar-refractivity contribution in [2.24, 2.45) is 5.73 Å². The zero-order valence-corrected chi connectivity index (χ0v) is 11.4. The molecule has 0 heterocycles. The SMILES string of the molecule is CCOC(=O)C[C@H](N)c1cc(C(F)(F)F)ccc1C(F)(F)F. The molecule has 2 N–H and O–H groups in total. The van der Waals surface area contributed by atoms with Gasteiger partial charge in [-0.05, 0) is 30.7 Å². The summed E-state index contributed by atoms with van der Waals surface area (Å²) >= 11 is 0. The predicted molar refractivity (Wildman–Crippen MR) is 64.6 cm³/mol. The number of carbonyl (C=O) groups excluding carboxylic acids is 1. The highest BCUT2D eigenvalue weighted by atomic mass is 19.4. The highest BCUT2D eigenvalue weighted by Gasteiger charge is 2.38. The maximum Gasteiger partial charge on any atom is 0.416 e. The molecule has 1 aromatic rings. The fourth-order valence-electron chi connectivity index (χ4n) is 1.81. The van der Waals surface area contributed by atoms with E-state index < -0.39 is 47.5 Å². The molecule has 0 aliphatic rings. The third-order valence-corrected chi connectivity index (χ3v) is 2.78. The third-order valence-electron chi connectivity index (χ3n) is 2.78. The summed E-state index contributed by atoms with van der Waals surface area (Å²) in [6.07, 6.45) is -10.4. The lowest BCUT2D eigenvalue weighted by Gasteiger charge is -2.19. The molecule has 0 saturated carbocycles. The Balaban J connectivity index is 3.25. The highest BCUT2D eigenvalue weighted by Crippen LogP contribution is 2.38. The molecule has 0 fully saturated rings. The van der Waals surface area contributed by atoms with Crippen LogP contribution in [0, 0.1) is 0 Å². The molecular weight excluding hydrogens is 316 g/mol. The van der Waals surface area contributed by atoms with E-state index in [1.54, 1.807) is 0 Å². The van der Waals surface area contributed by atoms with Gasteiger partial charge in [-0.1, -0.05) is 0 Å². The lowest BCUT2D eigenvalue weighted by atomic mass is 9.95. The molecule has 1 rings (SSSR count). The van der Waals surface area contributed by atoms with Crippen LogP contribution >= 0.6 is 0 Å².